The van der Waals surface area contributed by atoms with E-state index in [1.807, 2.05) is 49.4 Å². The molecule has 4 amide bonds. The molecular formula is C30H22BrClN2O5. The maximum Gasteiger partial charge on any atom is 0.335 e. The maximum atomic E-state index is 13.3. The number of nitrogens with one attached hydrogen (secondary N) is 1. The van der Waals surface area contributed by atoms with Crippen molar-refractivity contribution in [1.82, 2.24) is 5.32 Å². The molecule has 1 saturated heterocycles. The van der Waals surface area contributed by atoms with Gasteiger partial charge in [0.25, 0.3) is 11.8 Å². The average molecular weight is 606 g/mol. The van der Waals surface area contributed by atoms with Crippen LogP contribution in [0.1, 0.15) is 16.7 Å². The summed E-state index contributed by atoms with van der Waals surface area (Å²) in [7, 11) is 1.47. The lowest BCUT2D eigenvalue weighted by Crippen LogP contribution is -2.54. The molecule has 7 nitrogen and oxygen atoms in total. The van der Waals surface area contributed by atoms with E-state index in [9.17, 15) is 14.4 Å². The zero-order valence-corrected chi connectivity index (χ0v) is 23.3. The molecule has 0 aromatic heterocycles. The number of anilines is 1. The van der Waals surface area contributed by atoms with Crippen LogP contribution in [0.3, 0.4) is 0 Å². The number of amides is 4. The Morgan fingerprint density at radius 2 is 1.74 bits per heavy atom. The first-order chi connectivity index (χ1) is 18.7. The van der Waals surface area contributed by atoms with Gasteiger partial charge in [0.05, 0.1) is 17.8 Å². The molecule has 0 radical (unpaired) electrons. The van der Waals surface area contributed by atoms with E-state index in [4.69, 9.17) is 21.1 Å². The second-order valence-electron chi connectivity index (χ2n) is 8.90. The second-order valence-corrected chi connectivity index (χ2v) is 10.2. The zero-order chi connectivity index (χ0) is 27.7. The highest BCUT2D eigenvalue weighted by Gasteiger charge is 2.37. The Bertz CT molecular complexity index is 1680. The summed E-state index contributed by atoms with van der Waals surface area (Å²) in [6.45, 7) is 2.09. The molecular weight excluding hydrogens is 584 g/mol. The third kappa shape index (κ3) is 5.39. The first kappa shape index (κ1) is 26.5. The van der Waals surface area contributed by atoms with Gasteiger partial charge in [0, 0.05) is 4.47 Å². The number of nitrogens with zero attached hydrogens (tertiary/aromatic N) is 1. The van der Waals surface area contributed by atoms with Gasteiger partial charge in [-0.05, 0) is 76.9 Å². The van der Waals surface area contributed by atoms with Gasteiger partial charge in [0.2, 0.25) is 0 Å². The van der Waals surface area contributed by atoms with Crippen LogP contribution in [0.5, 0.6) is 11.5 Å². The van der Waals surface area contributed by atoms with Crippen LogP contribution in [0.2, 0.25) is 5.02 Å². The van der Waals surface area contributed by atoms with Crippen molar-refractivity contribution in [2.75, 3.05) is 12.0 Å². The minimum Gasteiger partial charge on any atom is -0.493 e. The van der Waals surface area contributed by atoms with Gasteiger partial charge in [-0.25, -0.2) is 9.69 Å². The number of rotatable bonds is 6. The largest absolute Gasteiger partial charge is 0.493 e. The first-order valence-electron chi connectivity index (χ1n) is 11.9. The zero-order valence-electron chi connectivity index (χ0n) is 21.0. The molecule has 1 aliphatic rings. The molecule has 0 spiro atoms. The summed E-state index contributed by atoms with van der Waals surface area (Å²) in [4.78, 5) is 39.4. The number of hydrogen-bond donors (Lipinski definition) is 1. The van der Waals surface area contributed by atoms with E-state index in [-0.39, 0.29) is 17.2 Å². The summed E-state index contributed by atoms with van der Waals surface area (Å²) >= 11 is 9.96. The number of carbonyl (C=O) groups excluding carboxylic acids is 3. The highest BCUT2D eigenvalue weighted by atomic mass is 79.9. The SMILES string of the molecule is COc1cc(/C=C2\C(=O)NC(=O)N(c3ccc(Br)c(C)c3)C2=O)cc(Cl)c1OCc1ccc2ccccc2c1. The van der Waals surface area contributed by atoms with Crippen molar-refractivity contribution in [3.05, 3.63) is 105 Å². The normalized spacial score (nSPS) is 14.6. The fourth-order valence-corrected chi connectivity index (χ4v) is 4.79. The van der Waals surface area contributed by atoms with Gasteiger partial charge in [0.15, 0.2) is 11.5 Å². The molecule has 5 rings (SSSR count). The molecule has 0 bridgehead atoms. The highest BCUT2D eigenvalue weighted by molar-refractivity contribution is 9.10. The number of imide groups is 2. The molecule has 1 heterocycles. The van der Waals surface area contributed by atoms with Crippen molar-refractivity contribution in [2.24, 2.45) is 0 Å². The van der Waals surface area contributed by atoms with Gasteiger partial charge < -0.3 is 9.47 Å². The number of methoxy groups -OCH3 is 1. The van der Waals surface area contributed by atoms with Gasteiger partial charge in [-0.2, -0.15) is 0 Å². The van der Waals surface area contributed by atoms with Crippen molar-refractivity contribution in [1.29, 1.82) is 0 Å². The van der Waals surface area contributed by atoms with Gasteiger partial charge in [-0.1, -0.05) is 63.9 Å². The molecule has 1 N–H and O–H groups in total. The molecule has 0 atom stereocenters. The lowest BCUT2D eigenvalue weighted by atomic mass is 10.1. The van der Waals surface area contributed by atoms with Gasteiger partial charge in [-0.15, -0.1) is 0 Å². The number of halogens is 2. The van der Waals surface area contributed by atoms with E-state index in [1.54, 1.807) is 30.3 Å². The number of ether oxygens (including phenoxy) is 2. The average Bonchev–Trinajstić information content (AvgIpc) is 2.92. The van der Waals surface area contributed by atoms with Crippen LogP contribution < -0.4 is 19.7 Å². The Balaban J connectivity index is 1.42. The molecule has 4 aromatic carbocycles. The fourth-order valence-electron chi connectivity index (χ4n) is 4.27. The fraction of sp³-hybridized carbons (Fsp3) is 0.100. The first-order valence-corrected chi connectivity index (χ1v) is 13.1. The number of carbonyl (C=O) groups is 3. The number of fused-ring (bicyclic) bond motifs is 1. The van der Waals surface area contributed by atoms with Crippen LogP contribution in [0.15, 0.2) is 82.8 Å². The van der Waals surface area contributed by atoms with E-state index in [0.717, 1.165) is 31.3 Å². The molecule has 196 valence electrons. The number of benzene rings is 4. The lowest BCUT2D eigenvalue weighted by molar-refractivity contribution is -0.122. The van der Waals surface area contributed by atoms with E-state index in [2.05, 4.69) is 21.2 Å². The Morgan fingerprint density at radius 3 is 2.49 bits per heavy atom. The van der Waals surface area contributed by atoms with Crippen LogP contribution in [0.25, 0.3) is 16.8 Å². The molecule has 0 aliphatic carbocycles. The molecule has 1 fully saturated rings. The number of urea groups is 1. The van der Waals surface area contributed by atoms with Gasteiger partial charge >= 0.3 is 6.03 Å². The Hall–Kier alpha value is -4.14. The van der Waals surface area contributed by atoms with Crippen LogP contribution in [-0.2, 0) is 16.2 Å². The molecule has 0 unspecified atom stereocenters. The Kier molecular flexibility index (Phi) is 7.41. The van der Waals surface area contributed by atoms with Crippen LogP contribution in [0, 0.1) is 6.92 Å². The summed E-state index contributed by atoms with van der Waals surface area (Å²) in [5.74, 6) is -0.898. The van der Waals surface area contributed by atoms with E-state index in [1.165, 1.54) is 13.2 Å². The quantitative estimate of drug-likeness (QED) is 0.193. The number of aryl methyl sites for hydroxylation is 1. The van der Waals surface area contributed by atoms with Crippen molar-refractivity contribution in [2.45, 2.75) is 13.5 Å². The van der Waals surface area contributed by atoms with Crippen molar-refractivity contribution in [3.63, 3.8) is 0 Å². The summed E-state index contributed by atoms with van der Waals surface area (Å²) in [6.07, 6.45) is 1.37. The summed E-state index contributed by atoms with van der Waals surface area (Å²) in [6, 6.07) is 21.5. The van der Waals surface area contributed by atoms with E-state index < -0.39 is 17.8 Å². The van der Waals surface area contributed by atoms with Crippen LogP contribution in [-0.4, -0.2) is 25.0 Å². The van der Waals surface area contributed by atoms with Crippen molar-refractivity contribution < 1.29 is 23.9 Å². The third-order valence-electron chi connectivity index (χ3n) is 6.26. The molecule has 4 aromatic rings. The predicted octanol–water partition coefficient (Wildman–Crippen LogP) is 6.82. The smallest absolute Gasteiger partial charge is 0.335 e. The standard InChI is InChI=1S/C30H22BrClN2O5/c1-17-11-22(9-10-24(17)31)34-29(36)23(28(35)33-30(34)37)13-19-14-25(32)27(26(15-19)38-2)39-16-18-7-8-20-5-3-4-6-21(20)12-18/h3-15H,16H2,1-2H3,(H,33,35,37)/b23-13+. The third-order valence-corrected chi connectivity index (χ3v) is 7.43. The van der Waals surface area contributed by atoms with Crippen LogP contribution in [0.4, 0.5) is 10.5 Å². The summed E-state index contributed by atoms with van der Waals surface area (Å²) < 4.78 is 12.3. The summed E-state index contributed by atoms with van der Waals surface area (Å²) in [5.41, 5.74) is 2.32. The van der Waals surface area contributed by atoms with Gasteiger partial charge in [0.1, 0.15) is 12.2 Å². The molecule has 9 heteroatoms. The predicted molar refractivity (Wildman–Crippen MR) is 154 cm³/mol. The van der Waals surface area contributed by atoms with Crippen molar-refractivity contribution >= 4 is 67.9 Å². The Labute approximate surface area is 238 Å². The van der Waals surface area contributed by atoms with Gasteiger partial charge in [-0.3, -0.25) is 14.9 Å². The molecule has 39 heavy (non-hydrogen) atoms. The highest BCUT2D eigenvalue weighted by Crippen LogP contribution is 2.38. The Morgan fingerprint density at radius 1 is 0.974 bits per heavy atom. The molecule has 0 saturated carbocycles. The number of barbiturate groups is 1. The topological polar surface area (TPSA) is 84.9 Å². The minimum atomic E-state index is -0.822. The van der Waals surface area contributed by atoms with E-state index >= 15 is 0 Å². The second kappa shape index (κ2) is 10.9. The van der Waals surface area contributed by atoms with Crippen LogP contribution >= 0.6 is 27.5 Å². The molecule has 1 aliphatic heterocycles. The van der Waals surface area contributed by atoms with E-state index in [0.29, 0.717) is 22.7 Å². The minimum absolute atomic E-state index is 0.224. The maximum absolute atomic E-state index is 13.3. The lowest BCUT2D eigenvalue weighted by Gasteiger charge is -2.26. The number of hydrogen-bond acceptors (Lipinski definition) is 5. The summed E-state index contributed by atoms with van der Waals surface area (Å²) in [5, 5.41) is 4.69. The monoisotopic (exact) mass is 604 g/mol. The van der Waals surface area contributed by atoms with Crippen molar-refractivity contribution in [3.8, 4) is 11.5 Å².